The van der Waals surface area contributed by atoms with E-state index in [-0.39, 0.29) is 6.71 Å². The van der Waals surface area contributed by atoms with E-state index in [1.54, 1.807) is 10.4 Å². The number of rotatable bonds is 5. The van der Waals surface area contributed by atoms with E-state index >= 15 is 0 Å². The summed E-state index contributed by atoms with van der Waals surface area (Å²) in [5, 5.41) is 3.16. The van der Waals surface area contributed by atoms with Crippen LogP contribution in [-0.4, -0.2) is 14.8 Å². The lowest BCUT2D eigenvalue weighted by molar-refractivity contribution is 0.489. The minimum Gasteiger partial charge on any atom is -0.456 e. The van der Waals surface area contributed by atoms with Gasteiger partial charge in [-0.2, -0.15) is 0 Å². The Kier molecular flexibility index (Phi) is 5.52. The third-order valence-electron chi connectivity index (χ3n) is 8.68. The van der Waals surface area contributed by atoms with Crippen molar-refractivity contribution in [3.05, 3.63) is 121 Å². The zero-order chi connectivity index (χ0) is 25.7. The van der Waals surface area contributed by atoms with Crippen molar-refractivity contribution in [3.8, 4) is 11.5 Å². The molecule has 5 aromatic rings. The molecule has 0 saturated carbocycles. The number of ether oxygens (including phenoxy) is 1. The second-order valence-corrected chi connectivity index (χ2v) is 15.0. The number of nitrogens with zero attached hydrogens (tertiary/aromatic N) is 1. The van der Waals surface area contributed by atoms with E-state index in [0.29, 0.717) is 0 Å². The molecule has 2 heterocycles. The average Bonchev–Trinajstić information content (AvgIpc) is 2.99. The van der Waals surface area contributed by atoms with Crippen LogP contribution in [0.25, 0.3) is 0 Å². The van der Waals surface area contributed by atoms with Crippen LogP contribution in [0.5, 0.6) is 11.5 Å². The summed E-state index contributed by atoms with van der Waals surface area (Å²) in [5.74, 6) is 1.97. The molecule has 0 unspecified atom stereocenters. The summed E-state index contributed by atoms with van der Waals surface area (Å²) < 4.78 is 6.96. The summed E-state index contributed by atoms with van der Waals surface area (Å²) in [6, 6.07) is 46.3. The van der Waals surface area contributed by atoms with Crippen molar-refractivity contribution < 1.29 is 4.74 Å². The molecule has 0 amide bonds. The van der Waals surface area contributed by atoms with Gasteiger partial charge in [-0.15, -0.1) is 0 Å². The normalized spacial score (nSPS) is 14.1. The number of hydrogen-bond acceptors (Lipinski definition) is 2. The molecule has 0 N–H and O–H groups in total. The summed E-state index contributed by atoms with van der Waals surface area (Å²) in [6.07, 6.45) is 0. The van der Waals surface area contributed by atoms with E-state index in [0.717, 1.165) is 28.6 Å². The molecule has 0 spiro atoms. The Morgan fingerprint density at radius 3 is 1.87 bits per heavy atom. The minimum atomic E-state index is -1.88. The fourth-order valence-corrected chi connectivity index (χ4v) is 11.6. The van der Waals surface area contributed by atoms with Gasteiger partial charge in [0.1, 0.15) is 19.6 Å². The average molecular weight is 508 g/mol. The molecule has 184 valence electrons. The quantitative estimate of drug-likeness (QED) is 0.278. The maximum atomic E-state index is 6.96. The molecular weight excluding hydrogens is 477 g/mol. The Balaban J connectivity index is 1.50. The molecule has 0 fully saturated rings. The molecular formula is C34H30BNOSi. The van der Waals surface area contributed by atoms with Crippen LogP contribution in [0, 0.1) is 0 Å². The van der Waals surface area contributed by atoms with Gasteiger partial charge in [0.25, 0.3) is 6.71 Å². The molecule has 2 nitrogen and oxygen atoms in total. The molecule has 0 aromatic heterocycles. The zero-order valence-corrected chi connectivity index (χ0v) is 22.9. The van der Waals surface area contributed by atoms with Crippen molar-refractivity contribution >= 4 is 58.6 Å². The Morgan fingerprint density at radius 1 is 0.605 bits per heavy atom. The largest absolute Gasteiger partial charge is 0.456 e. The lowest BCUT2D eigenvalue weighted by Gasteiger charge is -2.44. The van der Waals surface area contributed by atoms with E-state index in [1.165, 1.54) is 28.5 Å². The first-order valence-corrected chi connectivity index (χ1v) is 16.1. The molecule has 5 aromatic carbocycles. The standard InChI is InChI=1S/C34H30BNOSi/c1-3-38(4-2)31-23-12-11-19-27(31)35-28-20-13-21-29(34(28)37-30-22-14-24-32(38)33(30)35)36(25-15-7-5-8-16-25)26-17-9-6-10-18-26/h5-24H,3-4H2,1-2H3. The predicted octanol–water partition coefficient (Wildman–Crippen LogP) is 5.69. The molecule has 0 aliphatic carbocycles. The van der Waals surface area contributed by atoms with Gasteiger partial charge in [-0.25, -0.2) is 0 Å². The molecule has 2 aliphatic rings. The monoisotopic (exact) mass is 507 g/mol. The van der Waals surface area contributed by atoms with Gasteiger partial charge in [0.05, 0.1) is 5.69 Å². The van der Waals surface area contributed by atoms with Gasteiger partial charge in [-0.05, 0) is 47.3 Å². The van der Waals surface area contributed by atoms with Crippen LogP contribution in [0.15, 0.2) is 121 Å². The van der Waals surface area contributed by atoms with Crippen LogP contribution in [0.4, 0.5) is 17.1 Å². The first-order valence-electron chi connectivity index (χ1n) is 13.7. The third kappa shape index (κ3) is 3.26. The summed E-state index contributed by atoms with van der Waals surface area (Å²) >= 11 is 0. The zero-order valence-electron chi connectivity index (χ0n) is 21.9. The van der Waals surface area contributed by atoms with Crippen molar-refractivity contribution in [1.82, 2.24) is 0 Å². The molecule has 4 heteroatoms. The highest BCUT2D eigenvalue weighted by molar-refractivity contribution is 7.15. The number of benzene rings is 5. The van der Waals surface area contributed by atoms with Crippen LogP contribution < -0.4 is 36.4 Å². The Bertz CT molecular complexity index is 1590. The summed E-state index contributed by atoms with van der Waals surface area (Å²) in [6.45, 7) is 4.95. The summed E-state index contributed by atoms with van der Waals surface area (Å²) in [7, 11) is -1.88. The second-order valence-electron chi connectivity index (χ2n) is 10.3. The fraction of sp³-hybridized carbons (Fsp3) is 0.118. The van der Waals surface area contributed by atoms with Gasteiger partial charge in [0, 0.05) is 11.4 Å². The first-order chi connectivity index (χ1) is 18.8. The van der Waals surface area contributed by atoms with Crippen molar-refractivity contribution in [2.75, 3.05) is 4.90 Å². The molecule has 0 bridgehead atoms. The van der Waals surface area contributed by atoms with Gasteiger partial charge in [-0.1, -0.05) is 127 Å². The molecule has 2 aliphatic heterocycles. The second kappa shape index (κ2) is 9.07. The molecule has 0 atom stereocenters. The van der Waals surface area contributed by atoms with Gasteiger partial charge >= 0.3 is 0 Å². The topological polar surface area (TPSA) is 12.5 Å². The SMILES string of the molecule is CC[Si]1(CC)c2ccccc2B2c3cccc(N(c4ccccc4)c4ccccc4)c3Oc3cccc1c32. The van der Waals surface area contributed by atoms with Crippen molar-refractivity contribution in [2.45, 2.75) is 25.9 Å². The Labute approximate surface area is 226 Å². The highest BCUT2D eigenvalue weighted by atomic mass is 28.3. The van der Waals surface area contributed by atoms with Crippen LogP contribution in [-0.2, 0) is 0 Å². The predicted molar refractivity (Wildman–Crippen MR) is 165 cm³/mol. The number of anilines is 3. The minimum absolute atomic E-state index is 0.174. The van der Waals surface area contributed by atoms with Gasteiger partial charge in [-0.3, -0.25) is 0 Å². The Morgan fingerprint density at radius 2 is 1.18 bits per heavy atom. The van der Waals surface area contributed by atoms with Crippen LogP contribution in [0.1, 0.15) is 13.8 Å². The van der Waals surface area contributed by atoms with Crippen LogP contribution in [0.3, 0.4) is 0 Å². The summed E-state index contributed by atoms with van der Waals surface area (Å²) in [5.41, 5.74) is 7.41. The van der Waals surface area contributed by atoms with E-state index in [4.69, 9.17) is 4.74 Å². The molecule has 38 heavy (non-hydrogen) atoms. The first kappa shape index (κ1) is 23.1. The van der Waals surface area contributed by atoms with E-state index in [2.05, 4.69) is 140 Å². The fourth-order valence-electron chi connectivity index (χ4n) is 6.92. The Hall–Kier alpha value is -4.02. The van der Waals surface area contributed by atoms with Crippen molar-refractivity contribution in [2.24, 2.45) is 0 Å². The maximum absolute atomic E-state index is 6.96. The van der Waals surface area contributed by atoms with Crippen molar-refractivity contribution in [1.29, 1.82) is 0 Å². The van der Waals surface area contributed by atoms with Crippen LogP contribution >= 0.6 is 0 Å². The third-order valence-corrected chi connectivity index (χ3v) is 14.1. The van der Waals surface area contributed by atoms with E-state index in [1.807, 2.05) is 0 Å². The summed E-state index contributed by atoms with van der Waals surface area (Å²) in [4.78, 5) is 2.32. The molecule has 7 rings (SSSR count). The van der Waals surface area contributed by atoms with Crippen LogP contribution in [0.2, 0.25) is 12.1 Å². The molecule has 0 saturated heterocycles. The van der Waals surface area contributed by atoms with Gasteiger partial charge in [0.15, 0.2) is 0 Å². The highest BCUT2D eigenvalue weighted by Crippen LogP contribution is 2.42. The number of hydrogen-bond donors (Lipinski definition) is 0. The molecule has 0 radical (unpaired) electrons. The van der Waals surface area contributed by atoms with Gasteiger partial charge < -0.3 is 9.64 Å². The maximum Gasteiger partial charge on any atom is 0.250 e. The number of para-hydroxylation sites is 3. The van der Waals surface area contributed by atoms with Crippen molar-refractivity contribution in [3.63, 3.8) is 0 Å². The van der Waals surface area contributed by atoms with E-state index in [9.17, 15) is 0 Å². The number of fused-ring (bicyclic) bond motifs is 4. The smallest absolute Gasteiger partial charge is 0.250 e. The highest BCUT2D eigenvalue weighted by Gasteiger charge is 2.48. The lowest BCUT2D eigenvalue weighted by Crippen LogP contribution is -2.78. The van der Waals surface area contributed by atoms with E-state index < -0.39 is 8.07 Å². The lowest BCUT2D eigenvalue weighted by atomic mass is 9.35. The van der Waals surface area contributed by atoms with Gasteiger partial charge in [0.2, 0.25) is 0 Å².